The first kappa shape index (κ1) is 19.4. The molecule has 1 N–H and O–H groups in total. The molecule has 29 heavy (non-hydrogen) atoms. The first-order valence-corrected chi connectivity index (χ1v) is 10.4. The number of aromatic amines is 1. The molecule has 0 unspecified atom stereocenters. The molecule has 0 bridgehead atoms. The molecule has 2 aromatic heterocycles. The number of carbonyl (C=O) groups excluding carboxylic acids is 1. The molecule has 0 aliphatic heterocycles. The predicted molar refractivity (Wildman–Crippen MR) is 115 cm³/mol. The molecule has 1 aromatic carbocycles. The second kappa shape index (κ2) is 7.86. The molecule has 1 aliphatic carbocycles. The van der Waals surface area contributed by atoms with Gasteiger partial charge in [-0.3, -0.25) is 9.78 Å². The minimum absolute atomic E-state index is 0.0182. The van der Waals surface area contributed by atoms with Crippen LogP contribution in [0, 0.1) is 5.41 Å². The third kappa shape index (κ3) is 4.12. The largest absolute Gasteiger partial charge is 0.494 e. The van der Waals surface area contributed by atoms with Crippen molar-refractivity contribution in [1.29, 1.82) is 0 Å². The predicted octanol–water partition coefficient (Wildman–Crippen LogP) is 5.61. The van der Waals surface area contributed by atoms with Crippen molar-refractivity contribution in [3.8, 4) is 17.0 Å². The molecule has 0 saturated heterocycles. The van der Waals surface area contributed by atoms with Crippen molar-refractivity contribution in [2.75, 3.05) is 6.61 Å². The van der Waals surface area contributed by atoms with Gasteiger partial charge in [0.05, 0.1) is 12.3 Å². The van der Waals surface area contributed by atoms with E-state index in [0.29, 0.717) is 19.4 Å². The van der Waals surface area contributed by atoms with Crippen LogP contribution in [0.5, 0.6) is 5.75 Å². The summed E-state index contributed by atoms with van der Waals surface area (Å²) in [6.07, 6.45) is 6.73. The van der Waals surface area contributed by atoms with Crippen molar-refractivity contribution in [2.45, 2.75) is 46.5 Å². The van der Waals surface area contributed by atoms with Crippen LogP contribution in [-0.2, 0) is 12.8 Å². The van der Waals surface area contributed by atoms with Crippen LogP contribution in [0.4, 0.5) is 0 Å². The Labute approximate surface area is 172 Å². The fourth-order valence-corrected chi connectivity index (χ4v) is 4.24. The summed E-state index contributed by atoms with van der Waals surface area (Å²) < 4.78 is 5.81. The van der Waals surface area contributed by atoms with Gasteiger partial charge >= 0.3 is 0 Å². The van der Waals surface area contributed by atoms with Gasteiger partial charge in [-0.2, -0.15) is 0 Å². The summed E-state index contributed by atoms with van der Waals surface area (Å²) in [5.74, 6) is 1.12. The number of nitrogens with one attached hydrogen (secondary N) is 1. The molecular weight excluding hydrogens is 360 g/mol. The number of H-pyrrole nitrogens is 1. The number of hydrogen-bond donors (Lipinski definition) is 1. The molecule has 150 valence electrons. The van der Waals surface area contributed by atoms with Gasteiger partial charge in [0.25, 0.3) is 0 Å². The second-order valence-corrected chi connectivity index (χ2v) is 8.68. The molecule has 1 aliphatic rings. The van der Waals surface area contributed by atoms with Crippen LogP contribution in [0.1, 0.15) is 60.8 Å². The van der Waals surface area contributed by atoms with Gasteiger partial charge in [-0.15, -0.1) is 0 Å². The van der Waals surface area contributed by atoms with E-state index in [0.717, 1.165) is 52.2 Å². The first-order valence-electron chi connectivity index (χ1n) is 10.4. The lowest BCUT2D eigenvalue weighted by Crippen LogP contribution is -2.27. The number of pyridine rings is 1. The third-order valence-corrected chi connectivity index (χ3v) is 5.48. The Morgan fingerprint density at radius 1 is 1.14 bits per heavy atom. The summed E-state index contributed by atoms with van der Waals surface area (Å²) in [6, 6.07) is 12.2. The number of ketones is 1. The Morgan fingerprint density at radius 3 is 2.69 bits per heavy atom. The zero-order valence-electron chi connectivity index (χ0n) is 17.4. The number of fused-ring (bicyclic) bond motifs is 1. The van der Waals surface area contributed by atoms with Crippen molar-refractivity contribution in [2.24, 2.45) is 5.41 Å². The van der Waals surface area contributed by atoms with Gasteiger partial charge in [0.2, 0.25) is 0 Å². The average Bonchev–Trinajstić information content (AvgIpc) is 3.04. The summed E-state index contributed by atoms with van der Waals surface area (Å²) in [7, 11) is 0. The van der Waals surface area contributed by atoms with Gasteiger partial charge in [-0.1, -0.05) is 32.9 Å². The standard InChI is InChI=1S/C25H28N2O2/c1-4-12-29-19-7-5-6-17(13-19)14-20-23-21(15-25(2,3)16-22(23)28)27-24(20)18-8-10-26-11-9-18/h5-11,13,27H,4,12,14-16H2,1-3H3. The SMILES string of the molecule is CCCOc1cccc(Cc2c(-c3ccncc3)[nH]c3c2C(=O)CC(C)(C)C3)c1. The highest BCUT2D eigenvalue weighted by Gasteiger charge is 2.35. The molecule has 0 fully saturated rings. The van der Waals surface area contributed by atoms with E-state index in [1.165, 1.54) is 0 Å². The van der Waals surface area contributed by atoms with Crippen LogP contribution in [-0.4, -0.2) is 22.4 Å². The zero-order valence-corrected chi connectivity index (χ0v) is 17.4. The Hall–Kier alpha value is -2.88. The van der Waals surface area contributed by atoms with Crippen LogP contribution in [0.25, 0.3) is 11.3 Å². The van der Waals surface area contributed by atoms with Crippen molar-refractivity contribution < 1.29 is 9.53 Å². The number of ether oxygens (including phenoxy) is 1. The molecule has 0 radical (unpaired) electrons. The van der Waals surface area contributed by atoms with Crippen LogP contribution in [0.2, 0.25) is 0 Å². The molecule has 4 nitrogen and oxygen atoms in total. The van der Waals surface area contributed by atoms with Crippen molar-refractivity contribution in [1.82, 2.24) is 9.97 Å². The minimum atomic E-state index is -0.0182. The van der Waals surface area contributed by atoms with Crippen LogP contribution in [0.3, 0.4) is 0 Å². The van der Waals surface area contributed by atoms with E-state index < -0.39 is 0 Å². The number of Topliss-reactive ketones (excluding diaryl/α,β-unsaturated/α-hetero) is 1. The number of carbonyl (C=O) groups is 1. The summed E-state index contributed by atoms with van der Waals surface area (Å²) in [5, 5.41) is 0. The fourth-order valence-electron chi connectivity index (χ4n) is 4.24. The van der Waals surface area contributed by atoms with Crippen molar-refractivity contribution >= 4 is 5.78 Å². The smallest absolute Gasteiger partial charge is 0.165 e. The summed E-state index contributed by atoms with van der Waals surface area (Å²) in [5.41, 5.74) is 6.25. The van der Waals surface area contributed by atoms with Crippen LogP contribution >= 0.6 is 0 Å². The number of nitrogens with zero attached hydrogens (tertiary/aromatic N) is 1. The zero-order chi connectivity index (χ0) is 20.4. The lowest BCUT2D eigenvalue weighted by Gasteiger charge is -2.28. The molecule has 4 rings (SSSR count). The van der Waals surface area contributed by atoms with Crippen LogP contribution < -0.4 is 4.74 Å². The lowest BCUT2D eigenvalue weighted by atomic mass is 9.75. The quantitative estimate of drug-likeness (QED) is 0.597. The molecule has 0 amide bonds. The highest BCUT2D eigenvalue weighted by molar-refractivity contribution is 6.02. The van der Waals surface area contributed by atoms with Crippen molar-refractivity contribution in [3.63, 3.8) is 0 Å². The van der Waals surface area contributed by atoms with Gasteiger partial charge < -0.3 is 9.72 Å². The molecule has 0 spiro atoms. The summed E-state index contributed by atoms with van der Waals surface area (Å²) in [4.78, 5) is 20.8. The maximum Gasteiger partial charge on any atom is 0.165 e. The van der Waals surface area contributed by atoms with Crippen LogP contribution in [0.15, 0.2) is 48.8 Å². The Balaban J connectivity index is 1.78. The van der Waals surface area contributed by atoms with E-state index in [2.05, 4.69) is 42.9 Å². The monoisotopic (exact) mass is 388 g/mol. The first-order chi connectivity index (χ1) is 14.0. The number of aromatic nitrogens is 2. The molecule has 3 aromatic rings. The third-order valence-electron chi connectivity index (χ3n) is 5.48. The molecule has 0 saturated carbocycles. The maximum atomic E-state index is 13.1. The number of rotatable bonds is 6. The Morgan fingerprint density at radius 2 is 1.93 bits per heavy atom. The molecular formula is C25H28N2O2. The van der Waals surface area contributed by atoms with Gasteiger partial charge in [0.1, 0.15) is 5.75 Å². The average molecular weight is 389 g/mol. The highest BCUT2D eigenvalue weighted by atomic mass is 16.5. The lowest BCUT2D eigenvalue weighted by molar-refractivity contribution is 0.0911. The van der Waals surface area contributed by atoms with E-state index in [-0.39, 0.29) is 11.2 Å². The van der Waals surface area contributed by atoms with E-state index in [9.17, 15) is 4.79 Å². The Kier molecular flexibility index (Phi) is 5.27. The number of hydrogen-bond acceptors (Lipinski definition) is 3. The van der Waals surface area contributed by atoms with E-state index >= 15 is 0 Å². The van der Waals surface area contributed by atoms with E-state index in [1.54, 1.807) is 12.4 Å². The normalized spacial score (nSPS) is 15.2. The van der Waals surface area contributed by atoms with Gasteiger partial charge in [-0.25, -0.2) is 0 Å². The van der Waals surface area contributed by atoms with E-state index in [4.69, 9.17) is 4.74 Å². The minimum Gasteiger partial charge on any atom is -0.494 e. The fraction of sp³-hybridized carbons (Fsp3) is 0.360. The van der Waals surface area contributed by atoms with Crippen molar-refractivity contribution in [3.05, 3.63) is 71.2 Å². The van der Waals surface area contributed by atoms with E-state index in [1.807, 2.05) is 24.3 Å². The van der Waals surface area contributed by atoms with Gasteiger partial charge in [-0.05, 0) is 53.6 Å². The molecule has 4 heteroatoms. The number of benzene rings is 1. The second-order valence-electron chi connectivity index (χ2n) is 8.68. The summed E-state index contributed by atoms with van der Waals surface area (Å²) >= 11 is 0. The topological polar surface area (TPSA) is 55.0 Å². The van der Waals surface area contributed by atoms with Gasteiger partial charge in [0.15, 0.2) is 5.78 Å². The molecule has 0 atom stereocenters. The Bertz CT molecular complexity index is 1020. The molecule has 2 heterocycles. The van der Waals surface area contributed by atoms with Gasteiger partial charge in [0, 0.05) is 42.1 Å². The summed E-state index contributed by atoms with van der Waals surface area (Å²) in [6.45, 7) is 7.13. The highest BCUT2D eigenvalue weighted by Crippen LogP contribution is 2.40. The maximum absolute atomic E-state index is 13.1.